The van der Waals surface area contributed by atoms with Gasteiger partial charge in [0.25, 0.3) is 11.8 Å². The van der Waals surface area contributed by atoms with Gasteiger partial charge in [0.2, 0.25) is 11.8 Å². The van der Waals surface area contributed by atoms with Gasteiger partial charge in [0.15, 0.2) is 5.65 Å². The van der Waals surface area contributed by atoms with Crippen LogP contribution in [0.1, 0.15) is 97.4 Å². The minimum Gasteiger partial charge on any atom is -0.457 e. The summed E-state index contributed by atoms with van der Waals surface area (Å²) in [4.78, 5) is 83.8. The third kappa shape index (κ3) is 8.88. The van der Waals surface area contributed by atoms with Crippen LogP contribution in [-0.4, -0.2) is 133 Å². The molecule has 5 saturated heterocycles. The summed E-state index contributed by atoms with van der Waals surface area (Å²) in [5, 5.41) is 8.20. The number of piperidine rings is 5. The Kier molecular flexibility index (Phi) is 12.2. The summed E-state index contributed by atoms with van der Waals surface area (Å²) in [6.45, 7) is 6.73. The molecule has 69 heavy (non-hydrogen) atoms. The van der Waals surface area contributed by atoms with E-state index < -0.39 is 23.8 Å². The molecule has 2 atom stereocenters. The van der Waals surface area contributed by atoms with E-state index in [9.17, 15) is 24.0 Å². The van der Waals surface area contributed by atoms with Crippen molar-refractivity contribution in [3.63, 3.8) is 0 Å². The van der Waals surface area contributed by atoms with Crippen LogP contribution in [0, 0.1) is 11.8 Å². The number of amides is 6. The molecule has 0 spiro atoms. The Bertz CT molecular complexity index is 2760. The SMILES string of the molecule is Nc1ncnc2c1c(-c1ccc(Oc3ccccc3)cc1)nn2[C@@H]1CCCN(C2CCN(C(=O)N3CCC(CC4CCN(c5ccc6c(c5)C(=O)N(C5CCC(=O)NC5=O)C6=O)CC4)CC3)CC2)C1. The lowest BCUT2D eigenvalue weighted by molar-refractivity contribution is -0.136. The monoisotopic (exact) mass is 933 g/mol. The van der Waals surface area contributed by atoms with Crippen LogP contribution in [0.15, 0.2) is 79.1 Å². The molecule has 5 fully saturated rings. The van der Waals surface area contributed by atoms with Gasteiger partial charge in [-0.15, -0.1) is 0 Å². The van der Waals surface area contributed by atoms with E-state index in [0.717, 1.165) is 155 Å². The molecule has 0 aliphatic carbocycles. The Morgan fingerprint density at radius 3 is 2.12 bits per heavy atom. The highest BCUT2D eigenvalue weighted by Crippen LogP contribution is 2.38. The number of nitrogen functional groups attached to an aromatic ring is 1. The fourth-order valence-electron chi connectivity index (χ4n) is 11.8. The first-order chi connectivity index (χ1) is 33.6. The second-order valence-corrected chi connectivity index (χ2v) is 19.8. The van der Waals surface area contributed by atoms with Gasteiger partial charge in [-0.25, -0.2) is 19.4 Å². The Labute approximate surface area is 400 Å². The van der Waals surface area contributed by atoms with Crippen LogP contribution in [0.2, 0.25) is 0 Å². The molecule has 1 unspecified atom stereocenters. The summed E-state index contributed by atoms with van der Waals surface area (Å²) in [5.41, 5.74) is 10.5. The van der Waals surface area contributed by atoms with Crippen LogP contribution in [0.5, 0.6) is 11.5 Å². The molecule has 0 bridgehead atoms. The number of urea groups is 1. The fraction of sp³-hybridized carbons (Fsp3) is 0.462. The number of anilines is 2. The van der Waals surface area contributed by atoms with Crippen molar-refractivity contribution in [1.29, 1.82) is 0 Å². The maximum absolute atomic E-state index is 13.9. The maximum atomic E-state index is 13.9. The molecular formula is C52H59N11O6. The molecular weight excluding hydrogens is 875 g/mol. The molecule has 6 aliphatic rings. The molecule has 11 rings (SSSR count). The summed E-state index contributed by atoms with van der Waals surface area (Å²) in [5.74, 6) is 1.17. The molecule has 2 aromatic heterocycles. The van der Waals surface area contributed by atoms with Crippen LogP contribution in [0.4, 0.5) is 16.3 Å². The number of nitrogens with two attached hydrogens (primary N) is 1. The number of ether oxygens (including phenoxy) is 1. The van der Waals surface area contributed by atoms with Crippen LogP contribution in [0.3, 0.4) is 0 Å². The van der Waals surface area contributed by atoms with Gasteiger partial charge < -0.3 is 25.2 Å². The van der Waals surface area contributed by atoms with E-state index in [0.29, 0.717) is 34.8 Å². The summed E-state index contributed by atoms with van der Waals surface area (Å²) in [6.07, 6.45) is 11.0. The number of aromatic nitrogens is 4. The van der Waals surface area contributed by atoms with Gasteiger partial charge in [-0.1, -0.05) is 18.2 Å². The highest BCUT2D eigenvalue weighted by atomic mass is 16.5. The second-order valence-electron chi connectivity index (χ2n) is 19.8. The van der Waals surface area contributed by atoms with Crippen molar-refractivity contribution in [3.8, 4) is 22.8 Å². The van der Waals surface area contributed by atoms with Crippen molar-refractivity contribution < 1.29 is 28.7 Å². The Morgan fingerprint density at radius 2 is 1.39 bits per heavy atom. The smallest absolute Gasteiger partial charge is 0.319 e. The van der Waals surface area contributed by atoms with Crippen molar-refractivity contribution >= 4 is 52.2 Å². The maximum Gasteiger partial charge on any atom is 0.319 e. The first-order valence-electron chi connectivity index (χ1n) is 24.9. The van der Waals surface area contributed by atoms with E-state index in [1.54, 1.807) is 12.1 Å². The summed E-state index contributed by atoms with van der Waals surface area (Å²) >= 11 is 0. The zero-order valence-corrected chi connectivity index (χ0v) is 38.9. The summed E-state index contributed by atoms with van der Waals surface area (Å²) in [7, 11) is 0. The van der Waals surface area contributed by atoms with Gasteiger partial charge in [-0.3, -0.25) is 34.3 Å². The molecule has 0 radical (unpaired) electrons. The average Bonchev–Trinajstić information content (AvgIpc) is 3.89. The van der Waals surface area contributed by atoms with Gasteiger partial charge in [0.1, 0.15) is 35.4 Å². The number of rotatable bonds is 9. The van der Waals surface area contributed by atoms with E-state index in [1.165, 1.54) is 6.33 Å². The topological polar surface area (TPSA) is 192 Å². The number of hydrogen-bond donors (Lipinski definition) is 2. The van der Waals surface area contributed by atoms with E-state index in [4.69, 9.17) is 20.6 Å². The highest BCUT2D eigenvalue weighted by molar-refractivity contribution is 6.23. The number of nitrogens with one attached hydrogen (secondary N) is 1. The quantitative estimate of drug-likeness (QED) is 0.153. The van der Waals surface area contributed by atoms with Crippen molar-refractivity contribution in [1.82, 2.24) is 44.7 Å². The normalized spacial score (nSPS) is 22.4. The van der Waals surface area contributed by atoms with Crippen LogP contribution < -0.4 is 20.7 Å². The molecule has 17 heteroatoms. The minimum absolute atomic E-state index is 0.0936. The molecule has 0 saturated carbocycles. The second kappa shape index (κ2) is 18.9. The standard InChI is InChI=1S/C52H59N11O6/c53-47-45-46(35-8-11-40(12-9-35)69-39-6-2-1-3-7-39)57-63(48(45)55-32-54-47)38-5-4-22-61(31-38)36-20-27-60(28-21-36)52(68)59-25-18-34(19-26-59)29-33-16-23-58(24-17-33)37-10-13-41-42(30-37)51(67)62(50(41)66)43-14-15-44(64)56-49(43)65/h1-3,6-13,30,32-34,36,38,43H,4-5,14-29,31H2,(H2,53,54,55)(H,56,64,65)/t38-,43?/m1/s1. The van der Waals surface area contributed by atoms with Crippen LogP contribution in [-0.2, 0) is 9.59 Å². The van der Waals surface area contributed by atoms with E-state index in [1.807, 2.05) is 60.7 Å². The Hall–Kier alpha value is -6.88. The van der Waals surface area contributed by atoms with E-state index >= 15 is 0 Å². The van der Waals surface area contributed by atoms with Crippen LogP contribution >= 0.6 is 0 Å². The summed E-state index contributed by atoms with van der Waals surface area (Å²) in [6, 6.07) is 22.7. The number of nitrogens with zero attached hydrogens (tertiary/aromatic N) is 9. The Balaban J connectivity index is 0.639. The largest absolute Gasteiger partial charge is 0.457 e. The van der Waals surface area contributed by atoms with Gasteiger partial charge in [-0.2, -0.15) is 5.10 Å². The molecule has 17 nitrogen and oxygen atoms in total. The number of fused-ring (bicyclic) bond motifs is 2. The molecule has 5 aromatic rings. The zero-order chi connectivity index (χ0) is 47.2. The number of benzene rings is 3. The molecule has 6 aliphatic heterocycles. The van der Waals surface area contributed by atoms with Crippen molar-refractivity contribution in [2.75, 3.05) is 63.0 Å². The third-order valence-corrected chi connectivity index (χ3v) is 15.6. The minimum atomic E-state index is -0.972. The molecule has 3 aromatic carbocycles. The number of carbonyl (C=O) groups excluding carboxylic acids is 5. The van der Waals surface area contributed by atoms with Crippen molar-refractivity contribution in [3.05, 3.63) is 90.3 Å². The Morgan fingerprint density at radius 1 is 0.710 bits per heavy atom. The van der Waals surface area contributed by atoms with Gasteiger partial charge in [0, 0.05) is 69.5 Å². The first-order valence-corrected chi connectivity index (χ1v) is 24.9. The summed E-state index contributed by atoms with van der Waals surface area (Å²) < 4.78 is 8.11. The van der Waals surface area contributed by atoms with Crippen LogP contribution in [0.25, 0.3) is 22.3 Å². The molecule has 358 valence electrons. The number of para-hydroxylation sites is 1. The first kappa shape index (κ1) is 44.6. The highest BCUT2D eigenvalue weighted by Gasteiger charge is 2.45. The zero-order valence-electron chi connectivity index (χ0n) is 38.9. The van der Waals surface area contributed by atoms with E-state index in [-0.39, 0.29) is 30.8 Å². The van der Waals surface area contributed by atoms with Gasteiger partial charge in [0.05, 0.1) is 22.6 Å². The molecule has 8 heterocycles. The van der Waals surface area contributed by atoms with Gasteiger partial charge in [-0.05, 0) is 137 Å². The lowest BCUT2D eigenvalue weighted by Crippen LogP contribution is -2.54. The van der Waals surface area contributed by atoms with Crippen molar-refractivity contribution in [2.45, 2.75) is 88.8 Å². The lowest BCUT2D eigenvalue weighted by atomic mass is 9.82. The molecule has 6 amide bonds. The number of hydrogen-bond acceptors (Lipinski definition) is 12. The van der Waals surface area contributed by atoms with Gasteiger partial charge >= 0.3 is 6.03 Å². The van der Waals surface area contributed by atoms with E-state index in [2.05, 4.69) is 34.6 Å². The van der Waals surface area contributed by atoms with Crippen molar-refractivity contribution in [2.24, 2.45) is 11.8 Å². The average molecular weight is 934 g/mol. The molecule has 3 N–H and O–H groups in total. The lowest BCUT2D eigenvalue weighted by Gasteiger charge is -2.44. The fourth-order valence-corrected chi connectivity index (χ4v) is 11.8. The number of imide groups is 2. The number of carbonyl (C=O) groups is 5. The third-order valence-electron chi connectivity index (χ3n) is 15.6. The predicted molar refractivity (Wildman–Crippen MR) is 258 cm³/mol. The predicted octanol–water partition coefficient (Wildman–Crippen LogP) is 6.51. The number of likely N-dealkylation sites (tertiary alicyclic amines) is 3.